The van der Waals surface area contributed by atoms with Gasteiger partial charge >= 0.3 is 6.69 Å². The lowest BCUT2D eigenvalue weighted by atomic mass is 9.81. The van der Waals surface area contributed by atoms with Gasteiger partial charge in [-0.05, 0) is 225 Å². The van der Waals surface area contributed by atoms with E-state index in [0.29, 0.717) is 47.3 Å². The predicted octanol–water partition coefficient (Wildman–Crippen LogP) is 21.7. The fourth-order valence-corrected chi connectivity index (χ4v) is 17.4. The maximum absolute atomic E-state index is 8.51. The smallest absolute Gasteiger partial charge is 0.134 e. The van der Waals surface area contributed by atoms with E-state index in [2.05, 4.69) is 220 Å². The van der Waals surface area contributed by atoms with E-state index in [-0.39, 0.29) is 0 Å². The van der Waals surface area contributed by atoms with Crippen molar-refractivity contribution in [3.8, 4) is 44.5 Å². The SMILES string of the molecule is CC(C)c1cccc(C(C)C)c1-c1cc(C2=C3CCCC3=C(c3cc(-c4c(C(C)C)cccc4C(C)C)cc(-c4c(C(C)C)cccc4C(C)C)c3)[Si]2(Cl)Cl)cc(-c2c(C(C)C)cccc2C(C)C)c1. The molecular formula is C67H80Cl2Si. The molecule has 70 heavy (non-hydrogen) atoms. The van der Waals surface area contributed by atoms with Crippen LogP contribution >= 0.6 is 22.2 Å². The Morgan fingerprint density at radius 2 is 0.486 bits per heavy atom. The quantitative estimate of drug-likeness (QED) is 0.0754. The van der Waals surface area contributed by atoms with Crippen molar-refractivity contribution in [2.45, 2.75) is 177 Å². The Hall–Kier alpha value is -4.40. The maximum atomic E-state index is 8.51. The molecule has 0 bridgehead atoms. The Balaban J connectivity index is 1.46. The van der Waals surface area contributed by atoms with Crippen LogP contribution in [0.1, 0.15) is 233 Å². The molecule has 2 aliphatic rings. The first-order valence-corrected chi connectivity index (χ1v) is 30.8. The van der Waals surface area contributed by atoms with E-state index in [4.69, 9.17) is 22.2 Å². The van der Waals surface area contributed by atoms with Crippen molar-refractivity contribution in [2.75, 3.05) is 0 Å². The van der Waals surface area contributed by atoms with Crippen molar-refractivity contribution in [3.05, 3.63) is 176 Å². The highest BCUT2D eigenvalue weighted by Gasteiger charge is 2.50. The molecule has 1 fully saturated rings. The first-order valence-electron chi connectivity index (χ1n) is 26.8. The number of hydrogen-bond donors (Lipinski definition) is 0. The highest BCUT2D eigenvalue weighted by atomic mass is 35.7. The third-order valence-electron chi connectivity index (χ3n) is 15.5. The van der Waals surface area contributed by atoms with Gasteiger partial charge in [-0.25, -0.2) is 0 Å². The van der Waals surface area contributed by atoms with Crippen LogP contribution in [0.3, 0.4) is 0 Å². The molecule has 0 nitrogen and oxygen atoms in total. The summed E-state index contributed by atoms with van der Waals surface area (Å²) in [5.74, 6) is 2.80. The van der Waals surface area contributed by atoms with Crippen LogP contribution in [0.15, 0.2) is 120 Å². The van der Waals surface area contributed by atoms with Gasteiger partial charge in [0.15, 0.2) is 0 Å². The molecule has 1 aliphatic carbocycles. The molecule has 1 saturated carbocycles. The number of halogens is 2. The zero-order chi connectivity index (χ0) is 50.7. The minimum Gasteiger partial charge on any atom is -0.134 e. The standard InChI is InChI=1S/C67H80Cl2Si/c1-38(2)52-22-17-23-53(39(3)4)62(52)46-32-47(63-54(40(5)6)24-18-25-55(63)41(7)8)35-50(34-46)66-60-30-21-31-61(60)67(70(66,68)69)51-36-48(64-56(42(9)10)26-19-27-57(64)43(11)12)33-49(37-51)65-58(44(13)14)28-20-29-59(65)45(15)16/h17-20,22-29,32-45H,21,30-31H2,1-16H3. The van der Waals surface area contributed by atoms with Crippen molar-refractivity contribution in [2.24, 2.45) is 0 Å². The Kier molecular flexibility index (Phi) is 15.3. The molecule has 8 rings (SSSR count). The van der Waals surface area contributed by atoms with Gasteiger partial charge in [0.05, 0.1) is 0 Å². The summed E-state index contributed by atoms with van der Waals surface area (Å²) in [5.41, 5.74) is 26.7. The third kappa shape index (κ3) is 9.54. The lowest BCUT2D eigenvalue weighted by Gasteiger charge is -2.27. The second-order valence-corrected chi connectivity index (χ2v) is 29.3. The van der Waals surface area contributed by atoms with Crippen LogP contribution in [0.25, 0.3) is 54.9 Å². The normalized spacial score (nSPS) is 15.0. The maximum Gasteiger partial charge on any atom is 0.312 e. The summed E-state index contributed by atoms with van der Waals surface area (Å²) in [7, 11) is 0. The van der Waals surface area contributed by atoms with Gasteiger partial charge in [0.2, 0.25) is 0 Å². The molecule has 0 spiro atoms. The topological polar surface area (TPSA) is 0 Å². The fraction of sp³-hybridized carbons (Fsp3) is 0.403. The summed E-state index contributed by atoms with van der Waals surface area (Å²) in [6.07, 6.45) is 3.06. The minimum atomic E-state index is -3.45. The summed E-state index contributed by atoms with van der Waals surface area (Å²) in [4.78, 5) is 0. The van der Waals surface area contributed by atoms with E-state index < -0.39 is 6.69 Å². The molecule has 0 N–H and O–H groups in total. The Morgan fingerprint density at radius 1 is 0.300 bits per heavy atom. The lowest BCUT2D eigenvalue weighted by molar-refractivity contribution is 0.836. The first-order chi connectivity index (χ1) is 33.1. The van der Waals surface area contributed by atoms with E-state index in [0.717, 1.165) is 19.3 Å². The van der Waals surface area contributed by atoms with Gasteiger partial charge in [-0.1, -0.05) is 184 Å². The average molecular weight is 984 g/mol. The zero-order valence-electron chi connectivity index (χ0n) is 45.4. The Bertz CT molecular complexity index is 2530. The van der Waals surface area contributed by atoms with Gasteiger partial charge in [-0.3, -0.25) is 0 Å². The van der Waals surface area contributed by atoms with Gasteiger partial charge in [-0.15, -0.1) is 22.2 Å². The summed E-state index contributed by atoms with van der Waals surface area (Å²) >= 11 is 17.0. The number of rotatable bonds is 14. The van der Waals surface area contributed by atoms with Crippen molar-refractivity contribution >= 4 is 39.2 Å². The van der Waals surface area contributed by atoms with Crippen molar-refractivity contribution < 1.29 is 0 Å². The molecule has 0 amide bonds. The van der Waals surface area contributed by atoms with E-state index in [9.17, 15) is 0 Å². The van der Waals surface area contributed by atoms with Crippen LogP contribution in [-0.2, 0) is 0 Å². The first kappa shape index (κ1) is 51.9. The summed E-state index contributed by atoms with van der Waals surface area (Å²) in [5, 5.41) is 2.40. The molecular weight excluding hydrogens is 904 g/mol. The van der Waals surface area contributed by atoms with Crippen LogP contribution in [0.2, 0.25) is 0 Å². The van der Waals surface area contributed by atoms with E-state index >= 15 is 0 Å². The molecule has 1 heterocycles. The van der Waals surface area contributed by atoms with Gasteiger partial charge in [0, 0.05) is 0 Å². The summed E-state index contributed by atoms with van der Waals surface area (Å²) in [6.45, 7) is 34.0. The number of benzene rings is 6. The second kappa shape index (κ2) is 20.6. The highest BCUT2D eigenvalue weighted by Crippen LogP contribution is 2.59. The van der Waals surface area contributed by atoms with Crippen molar-refractivity contribution in [1.82, 2.24) is 0 Å². The van der Waals surface area contributed by atoms with Crippen LogP contribution in [-0.4, -0.2) is 6.69 Å². The fourth-order valence-electron chi connectivity index (χ4n) is 12.2. The summed E-state index contributed by atoms with van der Waals surface area (Å²) < 4.78 is 0. The molecule has 1 aliphatic heterocycles. The van der Waals surface area contributed by atoms with Crippen LogP contribution in [0, 0.1) is 0 Å². The molecule has 3 heteroatoms. The monoisotopic (exact) mass is 983 g/mol. The lowest BCUT2D eigenvalue weighted by Crippen LogP contribution is -2.23. The molecule has 0 unspecified atom stereocenters. The van der Waals surface area contributed by atoms with Gasteiger partial charge in [0.1, 0.15) is 0 Å². The molecule has 0 saturated heterocycles. The van der Waals surface area contributed by atoms with E-state index in [1.807, 2.05) is 0 Å². The minimum absolute atomic E-state index is 0.350. The average Bonchev–Trinajstić information content (AvgIpc) is 3.86. The molecule has 6 aromatic carbocycles. The van der Waals surface area contributed by atoms with E-state index in [1.165, 1.54) is 122 Å². The zero-order valence-corrected chi connectivity index (χ0v) is 47.9. The number of allylic oxidation sites excluding steroid dienone is 2. The van der Waals surface area contributed by atoms with Crippen LogP contribution in [0.5, 0.6) is 0 Å². The van der Waals surface area contributed by atoms with Crippen LogP contribution < -0.4 is 0 Å². The van der Waals surface area contributed by atoms with Crippen molar-refractivity contribution in [1.29, 1.82) is 0 Å². The molecule has 366 valence electrons. The van der Waals surface area contributed by atoms with Gasteiger partial charge < -0.3 is 0 Å². The molecule has 0 radical (unpaired) electrons. The highest BCUT2D eigenvalue weighted by molar-refractivity contribution is 7.60. The third-order valence-corrected chi connectivity index (χ3v) is 20.2. The Labute approximate surface area is 434 Å². The van der Waals surface area contributed by atoms with Gasteiger partial charge in [-0.2, -0.15) is 0 Å². The molecule has 0 atom stereocenters. The predicted molar refractivity (Wildman–Crippen MR) is 312 cm³/mol. The van der Waals surface area contributed by atoms with Crippen LogP contribution in [0.4, 0.5) is 0 Å². The largest absolute Gasteiger partial charge is 0.312 e. The van der Waals surface area contributed by atoms with Gasteiger partial charge in [0.25, 0.3) is 0 Å². The number of fused-ring (bicyclic) bond motifs is 1. The van der Waals surface area contributed by atoms with E-state index in [1.54, 1.807) is 0 Å². The Morgan fingerprint density at radius 3 is 0.671 bits per heavy atom. The second-order valence-electron chi connectivity index (χ2n) is 23.2. The molecule has 0 aromatic heterocycles. The van der Waals surface area contributed by atoms with Crippen molar-refractivity contribution in [3.63, 3.8) is 0 Å². The summed E-state index contributed by atoms with van der Waals surface area (Å²) in [6, 6.07) is 42.8. The number of hydrogen-bond acceptors (Lipinski definition) is 0. The molecule has 6 aromatic rings.